The molecule has 0 saturated carbocycles. The van der Waals surface area contributed by atoms with Crippen molar-refractivity contribution in [3.63, 3.8) is 0 Å². The summed E-state index contributed by atoms with van der Waals surface area (Å²) in [6.07, 6.45) is 0. The van der Waals surface area contributed by atoms with E-state index in [1.54, 1.807) is 52.0 Å². The fourth-order valence-corrected chi connectivity index (χ4v) is 5.74. The van der Waals surface area contributed by atoms with Crippen LogP contribution in [-0.2, 0) is 10.9 Å². The monoisotopic (exact) mass is 421 g/mol. The number of hydrogen-bond acceptors (Lipinski definition) is 1. The molecule has 0 aliphatic carbocycles. The molecule has 6 heteroatoms. The Morgan fingerprint density at radius 1 is 0.586 bits per heavy atom. The molecule has 3 aromatic rings. The molecule has 0 N–H and O–H groups in total. The van der Waals surface area contributed by atoms with Crippen molar-refractivity contribution in [2.75, 3.05) is 7.11 Å². The Morgan fingerprint density at radius 2 is 0.897 bits per heavy atom. The van der Waals surface area contributed by atoms with Gasteiger partial charge in [-0.15, -0.1) is 0 Å². The number of halogens is 4. The molecule has 0 fully saturated rings. The van der Waals surface area contributed by atoms with Crippen molar-refractivity contribution >= 4 is 10.9 Å². The number of methoxy groups -OCH3 is 1. The van der Waals surface area contributed by atoms with Gasteiger partial charge in [0, 0.05) is 12.1 Å². The Hall–Kier alpha value is -2.47. The van der Waals surface area contributed by atoms with Crippen molar-refractivity contribution in [3.8, 4) is 5.75 Å². The maximum atomic E-state index is 14.5. The molecule has 0 saturated heterocycles. The van der Waals surface area contributed by atoms with Crippen LogP contribution in [0.3, 0.4) is 0 Å². The highest BCUT2D eigenvalue weighted by Crippen LogP contribution is 2.37. The largest absolute Gasteiger partial charge is 0.491 e. The van der Waals surface area contributed by atoms with Gasteiger partial charge in [-0.3, -0.25) is 0 Å². The Kier molecular flexibility index (Phi) is 5.94. The summed E-state index contributed by atoms with van der Waals surface area (Å²) in [5.41, 5.74) is 1.73. The van der Waals surface area contributed by atoms with Crippen molar-refractivity contribution in [3.05, 3.63) is 81.9 Å². The standard InChI is InChI=1S/C23H21F4OS/c1-12-6-16(7-13(2)21(12)26)29(17-8-14(3)22(27)15(4)9-17)18-10-19(24)23(28-5)20(25)11-18/h6-11H,1-5H3/q+1. The van der Waals surface area contributed by atoms with Crippen molar-refractivity contribution in [1.82, 2.24) is 0 Å². The molecule has 0 amide bonds. The second-order valence-corrected chi connectivity index (χ2v) is 9.00. The first-order chi connectivity index (χ1) is 13.6. The van der Waals surface area contributed by atoms with Gasteiger partial charge in [0.15, 0.2) is 32.1 Å². The molecule has 1 nitrogen and oxygen atoms in total. The number of benzene rings is 3. The van der Waals surface area contributed by atoms with Gasteiger partial charge in [0.05, 0.1) is 18.0 Å². The molecule has 0 aliphatic heterocycles. The quantitative estimate of drug-likeness (QED) is 0.341. The topological polar surface area (TPSA) is 9.23 Å². The minimum absolute atomic E-state index is 0.323. The molecule has 0 aromatic heterocycles. The number of rotatable bonds is 4. The third-order valence-electron chi connectivity index (χ3n) is 4.70. The SMILES string of the molecule is COc1c(F)cc([S+](c2cc(C)c(F)c(C)c2)c2cc(C)c(F)c(C)c2)cc1F. The van der Waals surface area contributed by atoms with E-state index in [0.29, 0.717) is 36.9 Å². The molecule has 0 radical (unpaired) electrons. The normalized spacial score (nSPS) is 11.2. The summed E-state index contributed by atoms with van der Waals surface area (Å²) in [4.78, 5) is 1.74. The lowest BCUT2D eigenvalue weighted by atomic mass is 10.1. The van der Waals surface area contributed by atoms with E-state index in [0.717, 1.165) is 0 Å². The molecule has 3 aromatic carbocycles. The summed E-state index contributed by atoms with van der Waals surface area (Å²) in [6.45, 7) is 6.57. The van der Waals surface area contributed by atoms with E-state index in [1.165, 1.54) is 19.2 Å². The van der Waals surface area contributed by atoms with Crippen LogP contribution in [0.5, 0.6) is 5.75 Å². The summed E-state index contributed by atoms with van der Waals surface area (Å²) >= 11 is 0. The van der Waals surface area contributed by atoms with E-state index >= 15 is 0 Å². The van der Waals surface area contributed by atoms with E-state index in [9.17, 15) is 17.6 Å². The highest BCUT2D eigenvalue weighted by molar-refractivity contribution is 7.97. The zero-order valence-electron chi connectivity index (χ0n) is 16.8. The van der Waals surface area contributed by atoms with Crippen LogP contribution in [0.2, 0.25) is 0 Å². The predicted octanol–water partition coefficient (Wildman–Crippen LogP) is 6.58. The van der Waals surface area contributed by atoms with Gasteiger partial charge < -0.3 is 4.74 Å². The van der Waals surface area contributed by atoms with E-state index in [2.05, 4.69) is 0 Å². The highest BCUT2D eigenvalue weighted by atomic mass is 32.2. The highest BCUT2D eigenvalue weighted by Gasteiger charge is 2.33. The van der Waals surface area contributed by atoms with E-state index in [-0.39, 0.29) is 11.6 Å². The minimum atomic E-state index is -0.972. The molecular formula is C23H21F4OS+. The van der Waals surface area contributed by atoms with Gasteiger partial charge in [0.25, 0.3) is 0 Å². The average Bonchev–Trinajstić information content (AvgIpc) is 2.64. The van der Waals surface area contributed by atoms with Crippen LogP contribution >= 0.6 is 0 Å². The van der Waals surface area contributed by atoms with Gasteiger partial charge in [0.2, 0.25) is 0 Å². The number of aryl methyl sites for hydroxylation is 4. The van der Waals surface area contributed by atoms with Gasteiger partial charge in [-0.25, -0.2) is 17.6 Å². The van der Waals surface area contributed by atoms with Crippen LogP contribution in [0.1, 0.15) is 22.3 Å². The van der Waals surface area contributed by atoms with Crippen molar-refractivity contribution in [2.45, 2.75) is 42.4 Å². The second kappa shape index (κ2) is 8.11. The smallest absolute Gasteiger partial charge is 0.190 e. The van der Waals surface area contributed by atoms with Crippen LogP contribution in [0.4, 0.5) is 17.6 Å². The zero-order chi connectivity index (χ0) is 21.5. The van der Waals surface area contributed by atoms with Gasteiger partial charge in [-0.1, -0.05) is 0 Å². The van der Waals surface area contributed by atoms with E-state index < -0.39 is 28.3 Å². The van der Waals surface area contributed by atoms with Crippen LogP contribution in [-0.4, -0.2) is 7.11 Å². The zero-order valence-corrected chi connectivity index (χ0v) is 17.6. The molecule has 0 aliphatic rings. The van der Waals surface area contributed by atoms with Gasteiger partial charge in [-0.2, -0.15) is 0 Å². The van der Waals surface area contributed by atoms with E-state index in [1.807, 2.05) is 0 Å². The van der Waals surface area contributed by atoms with Crippen LogP contribution < -0.4 is 4.74 Å². The maximum absolute atomic E-state index is 14.5. The maximum Gasteiger partial charge on any atom is 0.190 e. The Labute approximate surface area is 170 Å². The van der Waals surface area contributed by atoms with Crippen molar-refractivity contribution < 1.29 is 22.3 Å². The number of ether oxygens (including phenoxy) is 1. The second-order valence-electron chi connectivity index (χ2n) is 6.97. The third-order valence-corrected chi connectivity index (χ3v) is 6.82. The lowest BCUT2D eigenvalue weighted by Crippen LogP contribution is -2.09. The molecule has 0 spiro atoms. The van der Waals surface area contributed by atoms with Crippen molar-refractivity contribution in [1.29, 1.82) is 0 Å². The van der Waals surface area contributed by atoms with E-state index in [4.69, 9.17) is 4.74 Å². The Balaban J connectivity index is 2.31. The first kappa shape index (κ1) is 21.2. The van der Waals surface area contributed by atoms with Gasteiger partial charge in [0.1, 0.15) is 11.6 Å². The summed E-state index contributed by atoms with van der Waals surface area (Å²) in [7, 11) is 0.223. The molecule has 0 unspecified atom stereocenters. The fraction of sp³-hybridized carbons (Fsp3) is 0.217. The first-order valence-electron chi connectivity index (χ1n) is 8.94. The Bertz CT molecular complexity index is 968. The molecule has 0 atom stereocenters. The molecule has 152 valence electrons. The average molecular weight is 421 g/mol. The van der Waals surface area contributed by atoms with Crippen LogP contribution in [0, 0.1) is 51.0 Å². The van der Waals surface area contributed by atoms with Gasteiger partial charge >= 0.3 is 0 Å². The van der Waals surface area contributed by atoms with Crippen LogP contribution in [0.25, 0.3) is 0 Å². The van der Waals surface area contributed by atoms with Gasteiger partial charge in [-0.05, 0) is 74.2 Å². The molecule has 0 heterocycles. The van der Waals surface area contributed by atoms with Crippen LogP contribution in [0.15, 0.2) is 51.1 Å². The number of hydrogen-bond donors (Lipinski definition) is 0. The summed E-state index contributed by atoms with van der Waals surface area (Å²) in [5, 5.41) is 0. The summed E-state index contributed by atoms with van der Waals surface area (Å²) in [5.74, 6) is -2.76. The molecule has 0 bridgehead atoms. The third kappa shape index (κ3) is 3.99. The first-order valence-corrected chi connectivity index (χ1v) is 10.2. The predicted molar refractivity (Wildman–Crippen MR) is 107 cm³/mol. The summed E-state index contributed by atoms with van der Waals surface area (Å²) < 4.78 is 62.1. The lowest BCUT2D eigenvalue weighted by Gasteiger charge is -2.13. The summed E-state index contributed by atoms with van der Waals surface area (Å²) in [6, 6.07) is 9.10. The van der Waals surface area contributed by atoms with Crippen molar-refractivity contribution in [2.24, 2.45) is 0 Å². The fourth-order valence-electron chi connectivity index (χ4n) is 3.31. The minimum Gasteiger partial charge on any atom is -0.491 e. The Morgan fingerprint density at radius 3 is 1.21 bits per heavy atom. The molecular weight excluding hydrogens is 400 g/mol. The molecule has 29 heavy (non-hydrogen) atoms. The lowest BCUT2D eigenvalue weighted by molar-refractivity contribution is 0.358. The molecule has 3 rings (SSSR count).